The molecule has 0 spiro atoms. The van der Waals surface area contributed by atoms with Crippen LogP contribution in [0.4, 0.5) is 5.69 Å². The van der Waals surface area contributed by atoms with E-state index in [2.05, 4.69) is 30.9 Å². The number of pyridine rings is 2. The number of hydrogen-bond acceptors (Lipinski definition) is 5. The summed E-state index contributed by atoms with van der Waals surface area (Å²) in [6.45, 7) is 1.96. The van der Waals surface area contributed by atoms with Crippen LogP contribution in [0.5, 0.6) is 0 Å². The van der Waals surface area contributed by atoms with E-state index in [1.54, 1.807) is 18.3 Å². The molecule has 21 heavy (non-hydrogen) atoms. The van der Waals surface area contributed by atoms with Gasteiger partial charge in [-0.1, -0.05) is 11.6 Å². The van der Waals surface area contributed by atoms with Gasteiger partial charge in [-0.05, 0) is 46.6 Å². The van der Waals surface area contributed by atoms with E-state index in [1.807, 2.05) is 18.4 Å². The third-order valence-electron chi connectivity index (χ3n) is 2.82. The Kier molecular flexibility index (Phi) is 3.93. The molecule has 2 N–H and O–H groups in total. The van der Waals surface area contributed by atoms with E-state index in [9.17, 15) is 0 Å². The molecule has 3 rings (SSSR count). The van der Waals surface area contributed by atoms with E-state index in [0.717, 1.165) is 16.3 Å². The summed E-state index contributed by atoms with van der Waals surface area (Å²) in [4.78, 5) is 13.2. The molecule has 7 heteroatoms. The van der Waals surface area contributed by atoms with Gasteiger partial charge in [-0.15, -0.1) is 11.3 Å². The minimum atomic E-state index is 0.428. The largest absolute Gasteiger partial charge is 0.398 e. The van der Waals surface area contributed by atoms with Crippen LogP contribution in [0.15, 0.2) is 34.2 Å². The Labute approximate surface area is 139 Å². The second-order valence-electron chi connectivity index (χ2n) is 4.45. The Bertz CT molecular complexity index is 785. The van der Waals surface area contributed by atoms with Crippen LogP contribution in [0.2, 0.25) is 5.15 Å². The topological polar surface area (TPSA) is 64.7 Å². The van der Waals surface area contributed by atoms with Gasteiger partial charge < -0.3 is 5.73 Å². The molecule has 0 fully saturated rings. The van der Waals surface area contributed by atoms with Crippen LogP contribution in [0.25, 0.3) is 22.1 Å². The molecule has 3 aromatic heterocycles. The fourth-order valence-corrected chi connectivity index (χ4v) is 3.19. The van der Waals surface area contributed by atoms with Gasteiger partial charge in [-0.25, -0.2) is 15.0 Å². The molecule has 0 saturated heterocycles. The highest BCUT2D eigenvalue weighted by Crippen LogP contribution is 2.34. The molecular formula is C14H10BrClN4S. The van der Waals surface area contributed by atoms with Gasteiger partial charge in [0.2, 0.25) is 0 Å². The summed E-state index contributed by atoms with van der Waals surface area (Å²) in [7, 11) is 0. The Morgan fingerprint density at radius 2 is 2.00 bits per heavy atom. The van der Waals surface area contributed by atoms with Gasteiger partial charge in [0, 0.05) is 11.6 Å². The third kappa shape index (κ3) is 2.92. The SMILES string of the molecule is Cc1cc(Cl)nc(-c2nc(-c3nccs3)cc(N)c2Br)c1. The Morgan fingerprint density at radius 1 is 1.19 bits per heavy atom. The van der Waals surface area contributed by atoms with Crippen molar-refractivity contribution < 1.29 is 0 Å². The second-order valence-corrected chi connectivity index (χ2v) is 6.52. The van der Waals surface area contributed by atoms with Gasteiger partial charge in [-0.2, -0.15) is 0 Å². The van der Waals surface area contributed by atoms with Crippen molar-refractivity contribution in [3.05, 3.63) is 45.0 Å². The quantitative estimate of drug-likeness (QED) is 0.660. The predicted molar refractivity (Wildman–Crippen MR) is 90.4 cm³/mol. The molecule has 0 bridgehead atoms. The summed E-state index contributed by atoms with van der Waals surface area (Å²) in [5.74, 6) is 0. The number of anilines is 1. The monoisotopic (exact) mass is 380 g/mol. The highest BCUT2D eigenvalue weighted by Gasteiger charge is 2.14. The number of rotatable bonds is 2. The minimum absolute atomic E-state index is 0.428. The molecule has 0 aromatic carbocycles. The molecule has 0 amide bonds. The van der Waals surface area contributed by atoms with Gasteiger partial charge in [0.05, 0.1) is 15.9 Å². The fourth-order valence-electron chi connectivity index (χ4n) is 1.92. The summed E-state index contributed by atoms with van der Waals surface area (Å²) in [5.41, 5.74) is 9.73. The number of halogens is 2. The van der Waals surface area contributed by atoms with E-state index in [-0.39, 0.29) is 0 Å². The lowest BCUT2D eigenvalue weighted by Gasteiger charge is -2.09. The van der Waals surface area contributed by atoms with Crippen molar-refractivity contribution in [3.8, 4) is 22.1 Å². The van der Waals surface area contributed by atoms with E-state index in [4.69, 9.17) is 17.3 Å². The van der Waals surface area contributed by atoms with Gasteiger partial charge >= 0.3 is 0 Å². The molecule has 0 aliphatic rings. The van der Waals surface area contributed by atoms with Crippen molar-refractivity contribution in [3.63, 3.8) is 0 Å². The molecule has 3 heterocycles. The van der Waals surface area contributed by atoms with Crippen molar-refractivity contribution >= 4 is 44.6 Å². The highest BCUT2D eigenvalue weighted by molar-refractivity contribution is 9.10. The predicted octanol–water partition coefficient (Wildman–Crippen LogP) is 4.57. The number of thiazole rings is 1. The average Bonchev–Trinajstić information content (AvgIpc) is 2.94. The zero-order valence-electron chi connectivity index (χ0n) is 11.0. The molecule has 0 aliphatic carbocycles. The van der Waals surface area contributed by atoms with E-state index in [0.29, 0.717) is 26.7 Å². The minimum Gasteiger partial charge on any atom is -0.398 e. The van der Waals surface area contributed by atoms with Gasteiger partial charge in [0.1, 0.15) is 21.5 Å². The average molecular weight is 382 g/mol. The maximum absolute atomic E-state index is 6.07. The number of nitrogens with zero attached hydrogens (tertiary/aromatic N) is 3. The van der Waals surface area contributed by atoms with Crippen LogP contribution in [-0.4, -0.2) is 15.0 Å². The number of nitrogens with two attached hydrogens (primary N) is 1. The summed E-state index contributed by atoms with van der Waals surface area (Å²) in [6.07, 6.45) is 1.74. The standard InChI is InChI=1S/C14H10BrClN4S/c1-7-4-9(19-11(16)5-7)13-12(15)8(17)6-10(20-13)14-18-2-3-21-14/h2-6H,1H3,(H2,17,20). The van der Waals surface area contributed by atoms with Gasteiger partial charge in [-0.3, -0.25) is 0 Å². The lowest BCUT2D eigenvalue weighted by Crippen LogP contribution is -1.97. The Balaban J connectivity index is 2.22. The van der Waals surface area contributed by atoms with E-state index in [1.165, 1.54) is 11.3 Å². The number of aryl methyl sites for hydroxylation is 1. The first-order valence-electron chi connectivity index (χ1n) is 6.05. The van der Waals surface area contributed by atoms with Crippen molar-refractivity contribution in [2.45, 2.75) is 6.92 Å². The van der Waals surface area contributed by atoms with Crippen LogP contribution >= 0.6 is 38.9 Å². The third-order valence-corrected chi connectivity index (χ3v) is 4.64. The van der Waals surface area contributed by atoms with Crippen molar-refractivity contribution in [1.82, 2.24) is 15.0 Å². The van der Waals surface area contributed by atoms with Crippen LogP contribution in [0, 0.1) is 6.92 Å². The highest BCUT2D eigenvalue weighted by atomic mass is 79.9. The molecule has 0 unspecified atom stereocenters. The normalized spacial score (nSPS) is 10.8. The number of hydrogen-bond donors (Lipinski definition) is 1. The lowest BCUT2D eigenvalue weighted by molar-refractivity contribution is 1.21. The summed E-state index contributed by atoms with van der Waals surface area (Å²) >= 11 is 11.0. The van der Waals surface area contributed by atoms with E-state index >= 15 is 0 Å². The first-order valence-corrected chi connectivity index (χ1v) is 8.10. The summed E-state index contributed by atoms with van der Waals surface area (Å²) in [5, 5.41) is 3.14. The van der Waals surface area contributed by atoms with Gasteiger partial charge in [0.15, 0.2) is 0 Å². The van der Waals surface area contributed by atoms with Gasteiger partial charge in [0.25, 0.3) is 0 Å². The van der Waals surface area contributed by atoms with Crippen LogP contribution in [0.3, 0.4) is 0 Å². The Hall–Kier alpha value is -1.50. The molecule has 0 atom stereocenters. The van der Waals surface area contributed by atoms with Crippen LogP contribution in [0.1, 0.15) is 5.56 Å². The maximum Gasteiger partial charge on any atom is 0.141 e. The molecule has 0 saturated carbocycles. The zero-order valence-corrected chi connectivity index (χ0v) is 14.1. The molecular weight excluding hydrogens is 372 g/mol. The zero-order chi connectivity index (χ0) is 15.0. The molecule has 3 aromatic rings. The number of aromatic nitrogens is 3. The maximum atomic E-state index is 6.07. The summed E-state index contributed by atoms with van der Waals surface area (Å²) in [6, 6.07) is 5.51. The van der Waals surface area contributed by atoms with Crippen molar-refractivity contribution in [2.24, 2.45) is 0 Å². The summed E-state index contributed by atoms with van der Waals surface area (Å²) < 4.78 is 0.706. The molecule has 106 valence electrons. The Morgan fingerprint density at radius 3 is 2.67 bits per heavy atom. The molecule has 0 radical (unpaired) electrons. The van der Waals surface area contributed by atoms with Crippen molar-refractivity contribution in [1.29, 1.82) is 0 Å². The fraction of sp³-hybridized carbons (Fsp3) is 0.0714. The number of nitrogen functional groups attached to an aromatic ring is 1. The van der Waals surface area contributed by atoms with E-state index < -0.39 is 0 Å². The second kappa shape index (κ2) is 5.71. The van der Waals surface area contributed by atoms with Crippen molar-refractivity contribution in [2.75, 3.05) is 5.73 Å². The first-order chi connectivity index (χ1) is 10.0. The molecule has 0 aliphatic heterocycles. The molecule has 4 nitrogen and oxygen atoms in total. The smallest absolute Gasteiger partial charge is 0.141 e. The lowest BCUT2D eigenvalue weighted by atomic mass is 10.1. The van der Waals surface area contributed by atoms with Crippen LogP contribution < -0.4 is 5.73 Å². The first kappa shape index (κ1) is 14.4. The van der Waals surface area contributed by atoms with Crippen LogP contribution in [-0.2, 0) is 0 Å².